The standard InChI is InChI=1S/C36H41N5O3S/c1-6-40-34(38-41(35(40)42)25-27-17-21-29(22-18-27)36(2,3)4)14-10-11-26-15-19-28(20-16-26)31-23-32(43-5)33(24-37-31)44-39-45-30-12-8-7-9-13-30/h7-9,12-13,15-24,39H,6,10-11,14,25H2,1-5H3. The highest BCUT2D eigenvalue weighted by Crippen LogP contribution is 2.31. The van der Waals surface area contributed by atoms with E-state index in [4.69, 9.17) is 14.7 Å². The summed E-state index contributed by atoms with van der Waals surface area (Å²) in [6, 6.07) is 28.7. The number of aryl methyl sites for hydroxylation is 2. The molecule has 8 nitrogen and oxygen atoms in total. The van der Waals surface area contributed by atoms with Crippen molar-refractivity contribution in [1.29, 1.82) is 0 Å². The molecular weight excluding hydrogens is 582 g/mol. The van der Waals surface area contributed by atoms with Crippen molar-refractivity contribution < 1.29 is 9.57 Å². The summed E-state index contributed by atoms with van der Waals surface area (Å²) in [5.41, 5.74) is 5.40. The molecule has 9 heteroatoms. The van der Waals surface area contributed by atoms with Crippen molar-refractivity contribution >= 4 is 11.9 Å². The quantitative estimate of drug-likeness (QED) is 0.109. The van der Waals surface area contributed by atoms with Crippen LogP contribution in [0.2, 0.25) is 0 Å². The zero-order chi connectivity index (χ0) is 31.8. The van der Waals surface area contributed by atoms with Gasteiger partial charge in [-0.3, -0.25) is 9.55 Å². The third-order valence-corrected chi connectivity index (χ3v) is 8.36. The lowest BCUT2D eigenvalue weighted by Crippen LogP contribution is -2.25. The van der Waals surface area contributed by atoms with Crippen molar-refractivity contribution in [2.45, 2.75) is 70.4 Å². The number of ether oxygens (including phenoxy) is 1. The molecular formula is C36H41N5O3S. The second-order valence-electron chi connectivity index (χ2n) is 11.9. The molecule has 0 atom stereocenters. The van der Waals surface area contributed by atoms with Gasteiger partial charge in [0.15, 0.2) is 5.75 Å². The van der Waals surface area contributed by atoms with Crippen molar-refractivity contribution in [3.05, 3.63) is 124 Å². The van der Waals surface area contributed by atoms with Crippen LogP contribution in [0, 0.1) is 0 Å². The highest BCUT2D eigenvalue weighted by atomic mass is 32.2. The van der Waals surface area contributed by atoms with Crippen LogP contribution in [-0.4, -0.2) is 26.4 Å². The van der Waals surface area contributed by atoms with E-state index in [-0.39, 0.29) is 11.1 Å². The minimum Gasteiger partial charge on any atom is -0.493 e. The highest BCUT2D eigenvalue weighted by Gasteiger charge is 2.15. The van der Waals surface area contributed by atoms with Crippen molar-refractivity contribution in [3.63, 3.8) is 0 Å². The Morgan fingerprint density at radius 1 is 0.889 bits per heavy atom. The number of hydrogen-bond acceptors (Lipinski definition) is 7. The largest absolute Gasteiger partial charge is 0.493 e. The summed E-state index contributed by atoms with van der Waals surface area (Å²) < 4.78 is 8.94. The zero-order valence-corrected chi connectivity index (χ0v) is 27.4. The van der Waals surface area contributed by atoms with Gasteiger partial charge < -0.3 is 9.57 Å². The van der Waals surface area contributed by atoms with Gasteiger partial charge in [0.25, 0.3) is 0 Å². The molecule has 0 aliphatic heterocycles. The van der Waals surface area contributed by atoms with E-state index < -0.39 is 0 Å². The number of methoxy groups -OCH3 is 1. The maximum atomic E-state index is 13.1. The van der Waals surface area contributed by atoms with Crippen LogP contribution in [-0.2, 0) is 31.3 Å². The van der Waals surface area contributed by atoms with Crippen LogP contribution >= 0.6 is 11.9 Å². The van der Waals surface area contributed by atoms with E-state index in [1.165, 1.54) is 23.1 Å². The monoisotopic (exact) mass is 623 g/mol. The van der Waals surface area contributed by atoms with E-state index in [1.807, 2.05) is 43.3 Å². The SMILES string of the molecule is CCn1c(CCCc2ccc(-c3cc(OC)c(ONSc4ccccc4)cn3)cc2)nn(Cc2ccc(C(C)(C)C)cc2)c1=O. The lowest BCUT2D eigenvalue weighted by atomic mass is 9.87. The Hall–Kier alpha value is -4.34. The van der Waals surface area contributed by atoms with E-state index >= 15 is 0 Å². The summed E-state index contributed by atoms with van der Waals surface area (Å²) in [6.45, 7) is 9.67. The summed E-state index contributed by atoms with van der Waals surface area (Å²) in [5.74, 6) is 1.93. The van der Waals surface area contributed by atoms with Gasteiger partial charge >= 0.3 is 5.69 Å². The van der Waals surface area contributed by atoms with Crippen molar-refractivity contribution in [3.8, 4) is 22.8 Å². The first-order valence-corrected chi connectivity index (χ1v) is 16.1. The minimum atomic E-state index is -0.0539. The average molecular weight is 624 g/mol. The lowest BCUT2D eigenvalue weighted by molar-refractivity contribution is 0.265. The molecule has 2 aromatic heterocycles. The summed E-state index contributed by atoms with van der Waals surface area (Å²) in [4.78, 5) is 27.3. The molecule has 0 aliphatic carbocycles. The van der Waals surface area contributed by atoms with Gasteiger partial charge in [-0.05, 0) is 66.0 Å². The van der Waals surface area contributed by atoms with E-state index in [1.54, 1.807) is 22.6 Å². The fourth-order valence-corrected chi connectivity index (χ4v) is 5.61. The Bertz CT molecular complexity index is 1740. The van der Waals surface area contributed by atoms with Crippen molar-refractivity contribution in [1.82, 2.24) is 24.2 Å². The summed E-state index contributed by atoms with van der Waals surface area (Å²) in [7, 11) is 1.62. The Kier molecular flexibility index (Phi) is 10.4. The van der Waals surface area contributed by atoms with E-state index in [9.17, 15) is 4.79 Å². The molecule has 0 amide bonds. The number of aromatic nitrogens is 4. The molecule has 1 N–H and O–H groups in total. The minimum absolute atomic E-state index is 0.0539. The number of pyridine rings is 1. The van der Waals surface area contributed by atoms with Gasteiger partial charge in [-0.15, -0.1) is 0 Å². The summed E-state index contributed by atoms with van der Waals surface area (Å²) in [5, 5.41) is 4.72. The number of hydrogen-bond donors (Lipinski definition) is 1. The van der Waals surface area contributed by atoms with Gasteiger partial charge in [-0.25, -0.2) is 9.48 Å². The van der Waals surface area contributed by atoms with E-state index in [0.29, 0.717) is 24.6 Å². The Morgan fingerprint density at radius 2 is 1.60 bits per heavy atom. The molecule has 0 spiro atoms. The van der Waals surface area contributed by atoms with Crippen molar-refractivity contribution in [2.24, 2.45) is 0 Å². The van der Waals surface area contributed by atoms with Crippen molar-refractivity contribution in [2.75, 3.05) is 7.11 Å². The smallest absolute Gasteiger partial charge is 0.346 e. The second-order valence-corrected chi connectivity index (χ2v) is 12.8. The first-order valence-electron chi connectivity index (χ1n) is 15.3. The predicted octanol–water partition coefficient (Wildman–Crippen LogP) is 7.25. The van der Waals surface area contributed by atoms with Crippen LogP contribution in [0.25, 0.3) is 11.3 Å². The molecule has 5 aromatic rings. The number of rotatable bonds is 13. The molecule has 2 heterocycles. The van der Waals surface area contributed by atoms with Gasteiger partial charge in [0.05, 0.1) is 25.5 Å². The molecule has 0 unspecified atom stereocenters. The summed E-state index contributed by atoms with van der Waals surface area (Å²) >= 11 is 1.37. The first-order chi connectivity index (χ1) is 21.7. The van der Waals surface area contributed by atoms with Gasteiger partial charge in [-0.1, -0.05) is 92.4 Å². The molecule has 0 saturated heterocycles. The normalized spacial score (nSPS) is 11.5. The Balaban J connectivity index is 1.17. The lowest BCUT2D eigenvalue weighted by Gasteiger charge is -2.19. The zero-order valence-electron chi connectivity index (χ0n) is 26.6. The highest BCUT2D eigenvalue weighted by molar-refractivity contribution is 7.97. The van der Waals surface area contributed by atoms with Crippen LogP contribution in [0.4, 0.5) is 0 Å². The van der Waals surface area contributed by atoms with Crippen LogP contribution in [0.5, 0.6) is 11.5 Å². The summed E-state index contributed by atoms with van der Waals surface area (Å²) in [6.07, 6.45) is 4.17. The third kappa shape index (κ3) is 8.23. The molecule has 234 valence electrons. The van der Waals surface area contributed by atoms with Crippen LogP contribution < -0.4 is 20.1 Å². The van der Waals surface area contributed by atoms with E-state index in [2.05, 4.69) is 79.2 Å². The molecule has 0 aliphatic rings. The predicted molar refractivity (Wildman–Crippen MR) is 181 cm³/mol. The number of benzene rings is 3. The maximum Gasteiger partial charge on any atom is 0.346 e. The molecule has 5 rings (SSSR count). The molecule has 0 radical (unpaired) electrons. The van der Waals surface area contributed by atoms with Crippen LogP contribution in [0.1, 0.15) is 56.6 Å². The fourth-order valence-electron chi connectivity index (χ4n) is 5.09. The van der Waals surface area contributed by atoms with Crippen LogP contribution in [0.3, 0.4) is 0 Å². The van der Waals surface area contributed by atoms with Crippen LogP contribution in [0.15, 0.2) is 101 Å². The topological polar surface area (TPSA) is 83.2 Å². The molecule has 0 saturated carbocycles. The second kappa shape index (κ2) is 14.6. The maximum absolute atomic E-state index is 13.1. The van der Waals surface area contributed by atoms with Gasteiger partial charge in [0.2, 0.25) is 5.75 Å². The van der Waals surface area contributed by atoms with Gasteiger partial charge in [-0.2, -0.15) is 5.10 Å². The molecule has 0 bridgehead atoms. The van der Waals surface area contributed by atoms with E-state index in [0.717, 1.165) is 46.8 Å². The Morgan fingerprint density at radius 3 is 2.27 bits per heavy atom. The van der Waals surface area contributed by atoms with Gasteiger partial charge in [0, 0.05) is 29.5 Å². The van der Waals surface area contributed by atoms with Gasteiger partial charge in [0.1, 0.15) is 5.82 Å². The number of nitrogens with one attached hydrogen (secondary N) is 1. The molecule has 45 heavy (non-hydrogen) atoms. The molecule has 0 fully saturated rings. The average Bonchev–Trinajstić information content (AvgIpc) is 3.35. The first kappa shape index (κ1) is 32.1. The molecule has 3 aromatic carbocycles. The Labute approximate surface area is 269 Å². The number of nitrogens with zero attached hydrogens (tertiary/aromatic N) is 4. The third-order valence-electron chi connectivity index (χ3n) is 7.69. The fraction of sp³-hybridized carbons (Fsp3) is 0.306.